The summed E-state index contributed by atoms with van der Waals surface area (Å²) in [6.45, 7) is -0.335. The number of rotatable bonds is 10. The third-order valence-electron chi connectivity index (χ3n) is 6.95. The van der Waals surface area contributed by atoms with Crippen LogP contribution in [0.4, 0.5) is 0 Å². The molecule has 0 aromatic heterocycles. The Labute approximate surface area is 232 Å². The van der Waals surface area contributed by atoms with Gasteiger partial charge in [0.2, 0.25) is 5.66 Å². The van der Waals surface area contributed by atoms with Crippen LogP contribution < -0.4 is 25.3 Å². The topological polar surface area (TPSA) is 109 Å². The molecular formula is C32H30N2O6. The summed E-state index contributed by atoms with van der Waals surface area (Å²) in [5, 5.41) is 2.62. The van der Waals surface area contributed by atoms with Crippen molar-refractivity contribution in [2.24, 2.45) is 5.73 Å². The predicted octanol–water partition coefficient (Wildman–Crippen LogP) is 4.37. The van der Waals surface area contributed by atoms with Gasteiger partial charge in [-0.05, 0) is 46.5 Å². The number of nitrogens with two attached hydrogens (primary N) is 1. The summed E-state index contributed by atoms with van der Waals surface area (Å²) in [6.07, 6.45) is 0. The molecule has 0 heterocycles. The minimum atomic E-state index is -2.08. The standard InChI is InChI=1S/C32H30N2O6/c1-37-22-16-17-28(29(18-22)38-2)32(33,34-30(35)20-39-21-10-4-3-5-11-21)31(36)40-19-27-25-14-8-6-12-23(25)24-13-7-9-15-26(24)27/h3-18,27H,19-20,33H2,1-2H3,(H,34,35). The Morgan fingerprint density at radius 1 is 0.800 bits per heavy atom. The smallest absolute Gasteiger partial charge is 0.352 e. The number of ether oxygens (including phenoxy) is 4. The molecule has 1 unspecified atom stereocenters. The maximum atomic E-state index is 13.8. The van der Waals surface area contributed by atoms with Crippen molar-refractivity contribution in [2.75, 3.05) is 27.4 Å². The zero-order chi connectivity index (χ0) is 28.1. The molecule has 0 saturated carbocycles. The fraction of sp³-hybridized carbons (Fsp3) is 0.188. The van der Waals surface area contributed by atoms with Crippen molar-refractivity contribution in [1.29, 1.82) is 0 Å². The molecule has 0 radical (unpaired) electrons. The van der Waals surface area contributed by atoms with Crippen LogP contribution in [0.5, 0.6) is 17.2 Å². The van der Waals surface area contributed by atoms with E-state index in [-0.39, 0.29) is 30.4 Å². The maximum absolute atomic E-state index is 13.8. The first-order valence-corrected chi connectivity index (χ1v) is 12.8. The van der Waals surface area contributed by atoms with Crippen molar-refractivity contribution in [3.05, 3.63) is 114 Å². The van der Waals surface area contributed by atoms with Gasteiger partial charge in [-0.15, -0.1) is 0 Å². The SMILES string of the molecule is COc1ccc(C(N)(NC(=O)COc2ccccc2)C(=O)OCC2c3ccccc3-c3ccccc32)c(OC)c1. The third-order valence-corrected chi connectivity index (χ3v) is 6.95. The quantitative estimate of drug-likeness (QED) is 0.228. The number of methoxy groups -OCH3 is 2. The second-order valence-electron chi connectivity index (χ2n) is 9.35. The van der Waals surface area contributed by atoms with E-state index >= 15 is 0 Å². The summed E-state index contributed by atoms with van der Waals surface area (Å²) in [4.78, 5) is 26.8. The molecule has 0 bridgehead atoms. The maximum Gasteiger partial charge on any atom is 0.352 e. The molecular weight excluding hydrogens is 508 g/mol. The lowest BCUT2D eigenvalue weighted by atomic mass is 9.97. The highest BCUT2D eigenvalue weighted by Crippen LogP contribution is 2.44. The van der Waals surface area contributed by atoms with Gasteiger partial charge >= 0.3 is 5.97 Å². The summed E-state index contributed by atoms with van der Waals surface area (Å²) in [6, 6.07) is 29.7. The van der Waals surface area contributed by atoms with Crippen LogP contribution in [-0.2, 0) is 20.0 Å². The average Bonchev–Trinajstić information content (AvgIpc) is 3.32. The number of esters is 1. The van der Waals surface area contributed by atoms with Crippen LogP contribution >= 0.6 is 0 Å². The van der Waals surface area contributed by atoms with E-state index < -0.39 is 17.5 Å². The van der Waals surface area contributed by atoms with Crippen LogP contribution in [-0.4, -0.2) is 39.3 Å². The molecule has 5 rings (SSSR count). The largest absolute Gasteiger partial charge is 0.497 e. The number of fused-ring (bicyclic) bond motifs is 3. The van der Waals surface area contributed by atoms with Gasteiger partial charge < -0.3 is 24.3 Å². The molecule has 0 aliphatic heterocycles. The second kappa shape index (κ2) is 11.5. The second-order valence-corrected chi connectivity index (χ2v) is 9.35. The molecule has 1 aliphatic rings. The Morgan fingerprint density at radius 3 is 2.05 bits per heavy atom. The Bertz CT molecular complexity index is 1480. The third kappa shape index (κ3) is 5.21. The summed E-state index contributed by atoms with van der Waals surface area (Å²) >= 11 is 0. The highest BCUT2D eigenvalue weighted by Gasteiger charge is 2.43. The van der Waals surface area contributed by atoms with Crippen LogP contribution in [0.25, 0.3) is 11.1 Å². The summed E-state index contributed by atoms with van der Waals surface area (Å²) in [5.41, 5.74) is 9.13. The van der Waals surface area contributed by atoms with Crippen molar-refractivity contribution in [3.63, 3.8) is 0 Å². The van der Waals surface area contributed by atoms with Crippen LogP contribution in [0.15, 0.2) is 97.1 Å². The van der Waals surface area contributed by atoms with Gasteiger partial charge in [-0.2, -0.15) is 0 Å². The average molecular weight is 539 g/mol. The van der Waals surface area contributed by atoms with Gasteiger partial charge in [-0.1, -0.05) is 66.7 Å². The Morgan fingerprint density at radius 2 is 1.43 bits per heavy atom. The number of nitrogens with one attached hydrogen (secondary N) is 1. The minimum Gasteiger partial charge on any atom is -0.497 e. The predicted molar refractivity (Wildman–Crippen MR) is 150 cm³/mol. The first kappa shape index (κ1) is 26.8. The van der Waals surface area contributed by atoms with Crippen LogP contribution in [0.2, 0.25) is 0 Å². The molecule has 1 atom stereocenters. The summed E-state index contributed by atoms with van der Waals surface area (Å²) in [7, 11) is 2.95. The molecule has 4 aromatic carbocycles. The number of benzene rings is 4. The van der Waals surface area contributed by atoms with Crippen molar-refractivity contribution in [2.45, 2.75) is 11.6 Å². The number of carbonyl (C=O) groups is 2. The lowest BCUT2D eigenvalue weighted by Gasteiger charge is -2.30. The number of carbonyl (C=O) groups excluding carboxylic acids is 2. The van der Waals surface area contributed by atoms with Gasteiger partial charge in [-0.3, -0.25) is 10.5 Å². The fourth-order valence-corrected chi connectivity index (χ4v) is 4.99. The van der Waals surface area contributed by atoms with E-state index in [4.69, 9.17) is 24.7 Å². The number of hydrogen-bond donors (Lipinski definition) is 2. The molecule has 40 heavy (non-hydrogen) atoms. The van der Waals surface area contributed by atoms with Gasteiger partial charge in [0, 0.05) is 17.5 Å². The van der Waals surface area contributed by atoms with Gasteiger partial charge in [0.05, 0.1) is 14.2 Å². The van der Waals surface area contributed by atoms with E-state index in [9.17, 15) is 9.59 Å². The first-order valence-electron chi connectivity index (χ1n) is 12.8. The van der Waals surface area contributed by atoms with Gasteiger partial charge in [0.25, 0.3) is 5.91 Å². The summed E-state index contributed by atoms with van der Waals surface area (Å²) < 4.78 is 22.2. The molecule has 1 amide bonds. The molecule has 204 valence electrons. The van der Waals surface area contributed by atoms with E-state index in [1.807, 2.05) is 42.5 Å². The molecule has 0 fully saturated rings. The van der Waals surface area contributed by atoms with Crippen molar-refractivity contribution >= 4 is 11.9 Å². The van der Waals surface area contributed by atoms with Crippen LogP contribution in [0, 0.1) is 0 Å². The van der Waals surface area contributed by atoms with E-state index in [0.717, 1.165) is 22.3 Å². The Kier molecular flexibility index (Phi) is 7.70. The van der Waals surface area contributed by atoms with Gasteiger partial charge in [0.1, 0.15) is 23.9 Å². The lowest BCUT2D eigenvalue weighted by Crippen LogP contribution is -2.60. The lowest BCUT2D eigenvalue weighted by molar-refractivity contribution is -0.155. The van der Waals surface area contributed by atoms with Crippen molar-refractivity contribution in [1.82, 2.24) is 5.32 Å². The Balaban J connectivity index is 1.42. The summed E-state index contributed by atoms with van der Waals surface area (Å²) in [5.74, 6) is -0.392. The Hall–Kier alpha value is -4.82. The zero-order valence-corrected chi connectivity index (χ0v) is 22.3. The molecule has 4 aromatic rings. The number of amides is 1. The molecule has 8 nitrogen and oxygen atoms in total. The molecule has 8 heteroatoms. The highest BCUT2D eigenvalue weighted by molar-refractivity contribution is 5.90. The van der Waals surface area contributed by atoms with E-state index in [0.29, 0.717) is 11.5 Å². The monoisotopic (exact) mass is 538 g/mol. The molecule has 0 spiro atoms. The number of para-hydroxylation sites is 1. The van der Waals surface area contributed by atoms with Crippen molar-refractivity contribution < 1.29 is 28.5 Å². The zero-order valence-electron chi connectivity index (χ0n) is 22.3. The van der Waals surface area contributed by atoms with E-state index in [2.05, 4.69) is 17.4 Å². The van der Waals surface area contributed by atoms with Gasteiger partial charge in [-0.25, -0.2) is 4.79 Å². The minimum absolute atomic E-state index is 0.0284. The van der Waals surface area contributed by atoms with Crippen molar-refractivity contribution in [3.8, 4) is 28.4 Å². The fourth-order valence-electron chi connectivity index (χ4n) is 4.99. The van der Waals surface area contributed by atoms with E-state index in [1.54, 1.807) is 42.5 Å². The highest BCUT2D eigenvalue weighted by atomic mass is 16.5. The first-order chi connectivity index (χ1) is 19.4. The molecule has 1 aliphatic carbocycles. The van der Waals surface area contributed by atoms with Crippen LogP contribution in [0.3, 0.4) is 0 Å². The molecule has 3 N–H and O–H groups in total. The number of hydrogen-bond acceptors (Lipinski definition) is 7. The molecule has 0 saturated heterocycles. The van der Waals surface area contributed by atoms with Gasteiger partial charge in [0.15, 0.2) is 6.61 Å². The van der Waals surface area contributed by atoms with E-state index in [1.165, 1.54) is 14.2 Å². The normalized spacial score (nSPS) is 13.4. The van der Waals surface area contributed by atoms with Crippen LogP contribution in [0.1, 0.15) is 22.6 Å².